The van der Waals surface area contributed by atoms with Crippen LogP contribution in [0.1, 0.15) is 13.3 Å². The van der Waals surface area contributed by atoms with Gasteiger partial charge in [-0.1, -0.05) is 13.5 Å². The van der Waals surface area contributed by atoms with Crippen molar-refractivity contribution in [2.45, 2.75) is 25.4 Å². The van der Waals surface area contributed by atoms with Crippen molar-refractivity contribution in [3.8, 4) is 6.07 Å². The molecule has 0 spiro atoms. The second kappa shape index (κ2) is 10.8. The maximum Gasteiger partial charge on any atom is 0.282 e. The van der Waals surface area contributed by atoms with E-state index in [9.17, 15) is 18.8 Å². The number of carbonyl (C=O) groups excluding carboxylic acids is 1. The molecule has 4 heterocycles. The van der Waals surface area contributed by atoms with Gasteiger partial charge in [-0.2, -0.15) is 10.2 Å². The lowest BCUT2D eigenvalue weighted by atomic mass is 10.1. The largest absolute Gasteiger partial charge is 0.463 e. The van der Waals surface area contributed by atoms with Gasteiger partial charge in [-0.25, -0.2) is 13.8 Å². The molecule has 2 aromatic heterocycles. The molecule has 9 nitrogen and oxygen atoms in total. The van der Waals surface area contributed by atoms with Gasteiger partial charge in [0.25, 0.3) is 5.91 Å². The third-order valence-corrected chi connectivity index (χ3v) is 8.02. The summed E-state index contributed by atoms with van der Waals surface area (Å²) < 4.78 is 33.4. The molecular weight excluding hydrogens is 560 g/mol. The quantitative estimate of drug-likeness (QED) is 0.365. The number of rotatable bonds is 8. The standard InChI is InChI=1S/C26H28BrF2N7O2/c1-3-33(8-6-28)18-14-35(15-18)26-31-21-12-20(27)19-5-11-38-23(19)22(21)24(32-26)34-9-10-36(25(37)16(2)29)17(13-34)4-7-30/h5,11-12,17-18H,2-4,6,8-10,13-15H2,1H3/t17-/m0/s1. The normalized spacial score (nSPS) is 18.3. The SMILES string of the molecule is C=C(F)C(=O)N1CCN(c2nc(N3CC(N(CC)CCF)C3)nc3cc(Br)c4ccoc4c23)C[C@@H]1CC#N. The smallest absolute Gasteiger partial charge is 0.282 e. The van der Waals surface area contributed by atoms with Gasteiger partial charge >= 0.3 is 0 Å². The second-order valence-electron chi connectivity index (χ2n) is 9.51. The number of benzene rings is 1. The molecule has 0 radical (unpaired) electrons. The molecule has 2 aliphatic rings. The van der Waals surface area contributed by atoms with Gasteiger partial charge in [-0.15, -0.1) is 0 Å². The predicted octanol–water partition coefficient (Wildman–Crippen LogP) is 4.03. The summed E-state index contributed by atoms with van der Waals surface area (Å²) in [4.78, 5) is 29.8. The fourth-order valence-electron chi connectivity index (χ4n) is 5.34. The van der Waals surface area contributed by atoms with Gasteiger partial charge in [0.15, 0.2) is 5.83 Å². The zero-order chi connectivity index (χ0) is 27.0. The Bertz CT molecular complexity index is 1420. The number of aromatic nitrogens is 2. The van der Waals surface area contributed by atoms with Crippen molar-refractivity contribution >= 4 is 55.5 Å². The van der Waals surface area contributed by atoms with Crippen molar-refractivity contribution in [2.75, 3.05) is 62.3 Å². The number of carbonyl (C=O) groups is 1. The lowest BCUT2D eigenvalue weighted by Crippen LogP contribution is -2.60. The number of hydrogen-bond acceptors (Lipinski definition) is 8. The summed E-state index contributed by atoms with van der Waals surface area (Å²) in [6.45, 7) is 8.20. The zero-order valence-corrected chi connectivity index (χ0v) is 22.6. The van der Waals surface area contributed by atoms with Gasteiger partial charge < -0.3 is 19.1 Å². The molecule has 2 aliphatic heterocycles. The maximum absolute atomic E-state index is 13.7. The van der Waals surface area contributed by atoms with Crippen LogP contribution in [0.4, 0.5) is 20.5 Å². The van der Waals surface area contributed by atoms with E-state index in [0.717, 1.165) is 21.8 Å². The van der Waals surface area contributed by atoms with Gasteiger partial charge in [-0.05, 0) is 34.6 Å². The Hall–Kier alpha value is -3.30. The number of fused-ring (bicyclic) bond motifs is 3. The Labute approximate surface area is 227 Å². The molecule has 0 unspecified atom stereocenters. The summed E-state index contributed by atoms with van der Waals surface area (Å²) >= 11 is 3.62. The molecule has 0 bridgehead atoms. The van der Waals surface area contributed by atoms with Crippen molar-refractivity contribution in [2.24, 2.45) is 0 Å². The number of furan rings is 1. The summed E-state index contributed by atoms with van der Waals surface area (Å²) in [6, 6.07) is 5.60. The molecule has 0 saturated carbocycles. The maximum atomic E-state index is 13.7. The van der Waals surface area contributed by atoms with Crippen molar-refractivity contribution in [1.29, 1.82) is 5.26 Å². The van der Waals surface area contributed by atoms with Crippen LogP contribution in [0.15, 0.2) is 39.7 Å². The highest BCUT2D eigenvalue weighted by atomic mass is 79.9. The summed E-state index contributed by atoms with van der Waals surface area (Å²) in [5.41, 5.74) is 1.32. The molecule has 0 aliphatic carbocycles. The lowest BCUT2D eigenvalue weighted by molar-refractivity contribution is -0.131. The first-order valence-corrected chi connectivity index (χ1v) is 13.3. The number of amides is 1. The first-order chi connectivity index (χ1) is 18.4. The minimum atomic E-state index is -1.04. The van der Waals surface area contributed by atoms with Gasteiger partial charge in [0.05, 0.1) is 35.7 Å². The molecule has 2 saturated heterocycles. The fourth-order valence-corrected chi connectivity index (χ4v) is 5.87. The summed E-state index contributed by atoms with van der Waals surface area (Å²) in [5.74, 6) is -0.660. The van der Waals surface area contributed by atoms with Gasteiger partial charge in [0.2, 0.25) is 5.95 Å². The van der Waals surface area contributed by atoms with E-state index in [1.807, 2.05) is 24.0 Å². The molecule has 12 heteroatoms. The summed E-state index contributed by atoms with van der Waals surface area (Å²) in [5, 5.41) is 11.0. The third kappa shape index (κ3) is 4.69. The number of likely N-dealkylation sites (N-methyl/N-ethyl adjacent to an activating group) is 1. The van der Waals surface area contributed by atoms with Crippen molar-refractivity contribution in [3.63, 3.8) is 0 Å². The van der Waals surface area contributed by atoms with E-state index in [0.29, 0.717) is 55.6 Å². The van der Waals surface area contributed by atoms with E-state index in [2.05, 4.69) is 38.4 Å². The molecule has 5 rings (SSSR count). The van der Waals surface area contributed by atoms with Crippen LogP contribution < -0.4 is 9.80 Å². The van der Waals surface area contributed by atoms with Crippen LogP contribution in [0.2, 0.25) is 0 Å². The highest BCUT2D eigenvalue weighted by Gasteiger charge is 2.36. The van der Waals surface area contributed by atoms with Crippen molar-refractivity contribution in [1.82, 2.24) is 19.8 Å². The number of alkyl halides is 1. The van der Waals surface area contributed by atoms with Crippen molar-refractivity contribution in [3.05, 3.63) is 35.3 Å². The second-order valence-corrected chi connectivity index (χ2v) is 10.4. The highest BCUT2D eigenvalue weighted by molar-refractivity contribution is 9.10. The Morgan fingerprint density at radius 2 is 2.11 bits per heavy atom. The average Bonchev–Trinajstić information content (AvgIpc) is 3.37. The van der Waals surface area contributed by atoms with Gasteiger partial charge in [-0.3, -0.25) is 9.69 Å². The van der Waals surface area contributed by atoms with Crippen LogP contribution in [0.25, 0.3) is 21.9 Å². The van der Waals surface area contributed by atoms with E-state index in [-0.39, 0.29) is 25.7 Å². The molecule has 2 fully saturated rings. The molecule has 3 aromatic rings. The minimum absolute atomic E-state index is 0.0440. The Morgan fingerprint density at radius 3 is 2.79 bits per heavy atom. The van der Waals surface area contributed by atoms with Crippen LogP contribution in [-0.4, -0.2) is 90.2 Å². The van der Waals surface area contributed by atoms with Crippen LogP contribution in [-0.2, 0) is 4.79 Å². The molecule has 1 atom stereocenters. The molecule has 38 heavy (non-hydrogen) atoms. The van der Waals surface area contributed by atoms with E-state index < -0.39 is 17.8 Å². The van der Waals surface area contributed by atoms with Gasteiger partial charge in [0, 0.05) is 55.2 Å². The molecule has 1 aromatic carbocycles. The zero-order valence-electron chi connectivity index (χ0n) is 21.0. The molecule has 1 amide bonds. The predicted molar refractivity (Wildman–Crippen MR) is 144 cm³/mol. The molecule has 200 valence electrons. The monoisotopic (exact) mass is 587 g/mol. The third-order valence-electron chi connectivity index (χ3n) is 7.36. The van der Waals surface area contributed by atoms with Crippen molar-refractivity contribution < 1.29 is 18.0 Å². The van der Waals surface area contributed by atoms with Crippen LogP contribution in [0.5, 0.6) is 0 Å². The van der Waals surface area contributed by atoms with E-state index in [4.69, 9.17) is 14.4 Å². The first kappa shape index (κ1) is 26.3. The lowest BCUT2D eigenvalue weighted by Gasteiger charge is -2.45. The number of nitrogens with zero attached hydrogens (tertiary/aromatic N) is 7. The molecule has 0 N–H and O–H groups in total. The fraction of sp³-hybridized carbons (Fsp3) is 0.462. The van der Waals surface area contributed by atoms with Crippen LogP contribution >= 0.6 is 15.9 Å². The number of hydrogen-bond donors (Lipinski definition) is 0. The number of nitriles is 1. The number of halogens is 3. The van der Waals surface area contributed by atoms with E-state index in [1.54, 1.807) is 6.26 Å². The Balaban J connectivity index is 1.54. The number of anilines is 2. The van der Waals surface area contributed by atoms with Crippen LogP contribution in [0, 0.1) is 11.3 Å². The minimum Gasteiger partial charge on any atom is -0.463 e. The molecular formula is C26H28BrF2N7O2. The van der Waals surface area contributed by atoms with E-state index in [1.165, 1.54) is 4.90 Å². The average molecular weight is 588 g/mol. The van der Waals surface area contributed by atoms with E-state index >= 15 is 0 Å². The summed E-state index contributed by atoms with van der Waals surface area (Å²) in [6.07, 6.45) is 1.65. The Morgan fingerprint density at radius 1 is 1.32 bits per heavy atom. The first-order valence-electron chi connectivity index (χ1n) is 12.6. The topological polar surface area (TPSA) is 92.7 Å². The highest BCUT2D eigenvalue weighted by Crippen LogP contribution is 2.39. The van der Waals surface area contributed by atoms with Crippen LogP contribution in [0.3, 0.4) is 0 Å². The number of piperazine rings is 1. The Kier molecular flexibility index (Phi) is 7.49. The summed E-state index contributed by atoms with van der Waals surface area (Å²) in [7, 11) is 0. The van der Waals surface area contributed by atoms with Gasteiger partial charge in [0.1, 0.15) is 18.1 Å².